The summed E-state index contributed by atoms with van der Waals surface area (Å²) in [6.07, 6.45) is 1.73. The molecular formula is C18H26N2O3. The summed E-state index contributed by atoms with van der Waals surface area (Å²) in [7, 11) is 0. The standard InChI is InChI=1S/C18H26N2O3/c1-12-4-3-5-17(13(12)2)18(22)19-14-8-15-11-23-16(6-7-21)10-20(15)9-14/h3-5,14-16,21H,6-11H2,1-2H3,(H,19,22)/t14-,15+,16+/m1/s1. The molecule has 2 N–H and O–H groups in total. The van der Waals surface area contributed by atoms with Crippen LogP contribution in [0.1, 0.15) is 34.3 Å². The van der Waals surface area contributed by atoms with Gasteiger partial charge in [-0.1, -0.05) is 12.1 Å². The van der Waals surface area contributed by atoms with Crippen molar-refractivity contribution in [2.75, 3.05) is 26.3 Å². The number of hydrogen-bond donors (Lipinski definition) is 2. The van der Waals surface area contributed by atoms with Crippen LogP contribution in [0.3, 0.4) is 0 Å². The Kier molecular flexibility index (Phi) is 4.99. The largest absolute Gasteiger partial charge is 0.396 e. The second kappa shape index (κ2) is 6.99. The van der Waals surface area contributed by atoms with Crippen molar-refractivity contribution in [1.82, 2.24) is 10.2 Å². The van der Waals surface area contributed by atoms with Gasteiger partial charge in [0.1, 0.15) is 0 Å². The highest BCUT2D eigenvalue weighted by molar-refractivity contribution is 5.96. The zero-order chi connectivity index (χ0) is 16.4. The van der Waals surface area contributed by atoms with E-state index in [0.717, 1.165) is 36.2 Å². The van der Waals surface area contributed by atoms with Crippen molar-refractivity contribution in [3.05, 3.63) is 34.9 Å². The molecule has 5 nitrogen and oxygen atoms in total. The molecule has 3 rings (SSSR count). The van der Waals surface area contributed by atoms with Crippen LogP contribution >= 0.6 is 0 Å². The maximum Gasteiger partial charge on any atom is 0.251 e. The molecule has 0 spiro atoms. The lowest BCUT2D eigenvalue weighted by molar-refractivity contribution is -0.0566. The quantitative estimate of drug-likeness (QED) is 0.877. The van der Waals surface area contributed by atoms with Gasteiger partial charge in [-0.2, -0.15) is 0 Å². The van der Waals surface area contributed by atoms with Crippen molar-refractivity contribution >= 4 is 5.91 Å². The van der Waals surface area contributed by atoms with E-state index in [1.54, 1.807) is 0 Å². The van der Waals surface area contributed by atoms with Gasteiger partial charge in [-0.15, -0.1) is 0 Å². The lowest BCUT2D eigenvalue weighted by Gasteiger charge is -2.34. The molecule has 23 heavy (non-hydrogen) atoms. The molecule has 1 aromatic carbocycles. The molecule has 1 aromatic rings. The predicted octanol–water partition coefficient (Wildman–Crippen LogP) is 1.26. The van der Waals surface area contributed by atoms with Crippen LogP contribution in [0.2, 0.25) is 0 Å². The molecule has 0 bridgehead atoms. The second-order valence-corrected chi connectivity index (χ2v) is 6.73. The summed E-state index contributed by atoms with van der Waals surface area (Å²) in [5.41, 5.74) is 2.96. The Hall–Kier alpha value is -1.43. The van der Waals surface area contributed by atoms with Crippen molar-refractivity contribution in [3.63, 3.8) is 0 Å². The Bertz CT molecular complexity index is 575. The topological polar surface area (TPSA) is 61.8 Å². The van der Waals surface area contributed by atoms with Crippen LogP contribution in [-0.2, 0) is 4.74 Å². The molecule has 2 fully saturated rings. The van der Waals surface area contributed by atoms with Gasteiger partial charge in [0.25, 0.3) is 5.91 Å². The lowest BCUT2D eigenvalue weighted by Crippen LogP contribution is -2.46. The summed E-state index contributed by atoms with van der Waals surface area (Å²) in [4.78, 5) is 14.9. The van der Waals surface area contributed by atoms with Gasteiger partial charge in [-0.25, -0.2) is 0 Å². The molecule has 2 aliphatic heterocycles. The zero-order valence-electron chi connectivity index (χ0n) is 13.9. The summed E-state index contributed by atoms with van der Waals surface area (Å²) in [6, 6.07) is 6.40. The summed E-state index contributed by atoms with van der Waals surface area (Å²) in [6.45, 7) is 6.60. The van der Waals surface area contributed by atoms with Gasteiger partial charge in [0.15, 0.2) is 0 Å². The molecular weight excluding hydrogens is 292 g/mol. The Morgan fingerprint density at radius 1 is 1.39 bits per heavy atom. The van der Waals surface area contributed by atoms with E-state index in [9.17, 15) is 4.79 Å². The fourth-order valence-electron chi connectivity index (χ4n) is 3.63. The maximum absolute atomic E-state index is 12.6. The van der Waals surface area contributed by atoms with Crippen LogP contribution < -0.4 is 5.32 Å². The first-order valence-electron chi connectivity index (χ1n) is 8.42. The Balaban J connectivity index is 1.60. The number of morpholine rings is 1. The van der Waals surface area contributed by atoms with Gasteiger partial charge in [0.05, 0.1) is 12.7 Å². The van der Waals surface area contributed by atoms with Gasteiger partial charge in [-0.3, -0.25) is 9.69 Å². The monoisotopic (exact) mass is 318 g/mol. The number of aryl methyl sites for hydroxylation is 1. The number of aliphatic hydroxyl groups is 1. The third-order valence-electron chi connectivity index (χ3n) is 5.13. The number of hydrogen-bond acceptors (Lipinski definition) is 4. The van der Waals surface area contributed by atoms with Crippen LogP contribution in [0.4, 0.5) is 0 Å². The van der Waals surface area contributed by atoms with Crippen molar-refractivity contribution in [3.8, 4) is 0 Å². The number of nitrogens with one attached hydrogen (secondary N) is 1. The number of rotatable bonds is 4. The van der Waals surface area contributed by atoms with Gasteiger partial charge in [0.2, 0.25) is 0 Å². The maximum atomic E-state index is 12.6. The molecule has 5 heteroatoms. The number of carbonyl (C=O) groups excluding carboxylic acids is 1. The first kappa shape index (κ1) is 16.4. The fourth-order valence-corrected chi connectivity index (χ4v) is 3.63. The molecule has 2 aliphatic rings. The summed E-state index contributed by atoms with van der Waals surface area (Å²) < 4.78 is 5.79. The average molecular weight is 318 g/mol. The number of aliphatic hydroxyl groups excluding tert-OH is 1. The number of carbonyl (C=O) groups is 1. The number of benzene rings is 1. The van der Waals surface area contributed by atoms with Crippen molar-refractivity contribution in [2.45, 2.75) is 44.9 Å². The van der Waals surface area contributed by atoms with Crippen LogP contribution in [0.25, 0.3) is 0 Å². The Morgan fingerprint density at radius 2 is 2.22 bits per heavy atom. The number of nitrogens with zero attached hydrogens (tertiary/aromatic N) is 1. The van der Waals surface area contributed by atoms with E-state index in [1.165, 1.54) is 0 Å². The molecule has 0 radical (unpaired) electrons. The molecule has 2 heterocycles. The van der Waals surface area contributed by atoms with E-state index < -0.39 is 0 Å². The van der Waals surface area contributed by atoms with E-state index in [2.05, 4.69) is 10.2 Å². The SMILES string of the molecule is Cc1cccc(C(=O)N[C@@H]2C[C@H]3CO[C@@H](CCO)CN3C2)c1C. The minimum Gasteiger partial charge on any atom is -0.396 e. The summed E-state index contributed by atoms with van der Waals surface area (Å²) in [5, 5.41) is 12.2. The highest BCUT2D eigenvalue weighted by atomic mass is 16.5. The summed E-state index contributed by atoms with van der Waals surface area (Å²) in [5.74, 6) is 0.0175. The van der Waals surface area contributed by atoms with Crippen molar-refractivity contribution in [1.29, 1.82) is 0 Å². The first-order valence-corrected chi connectivity index (χ1v) is 8.42. The molecule has 0 aromatic heterocycles. The van der Waals surface area contributed by atoms with Crippen LogP contribution in [0, 0.1) is 13.8 Å². The van der Waals surface area contributed by atoms with E-state index in [-0.39, 0.29) is 24.7 Å². The van der Waals surface area contributed by atoms with Gasteiger partial charge in [0, 0.05) is 37.3 Å². The Labute approximate surface area is 137 Å². The lowest BCUT2D eigenvalue weighted by atomic mass is 10.0. The van der Waals surface area contributed by atoms with Gasteiger partial charge in [-0.05, 0) is 43.9 Å². The normalized spacial score (nSPS) is 27.7. The molecule has 0 aliphatic carbocycles. The van der Waals surface area contributed by atoms with Crippen LogP contribution in [0.5, 0.6) is 0 Å². The molecule has 1 amide bonds. The highest BCUT2D eigenvalue weighted by Crippen LogP contribution is 2.24. The van der Waals surface area contributed by atoms with Crippen molar-refractivity contribution in [2.24, 2.45) is 0 Å². The zero-order valence-corrected chi connectivity index (χ0v) is 13.9. The third kappa shape index (κ3) is 3.57. The first-order chi connectivity index (χ1) is 11.1. The molecule has 3 atom stereocenters. The summed E-state index contributed by atoms with van der Waals surface area (Å²) >= 11 is 0. The predicted molar refractivity (Wildman–Crippen MR) is 88.6 cm³/mol. The molecule has 0 unspecified atom stereocenters. The molecule has 126 valence electrons. The third-order valence-corrected chi connectivity index (χ3v) is 5.13. The number of ether oxygens (including phenoxy) is 1. The second-order valence-electron chi connectivity index (χ2n) is 6.73. The minimum absolute atomic E-state index is 0.0175. The number of fused-ring (bicyclic) bond motifs is 1. The van der Waals surface area contributed by atoms with Gasteiger partial charge >= 0.3 is 0 Å². The fraction of sp³-hybridized carbons (Fsp3) is 0.611. The average Bonchev–Trinajstić information content (AvgIpc) is 2.91. The van der Waals surface area contributed by atoms with E-state index in [0.29, 0.717) is 19.1 Å². The van der Waals surface area contributed by atoms with Crippen LogP contribution in [0.15, 0.2) is 18.2 Å². The van der Waals surface area contributed by atoms with Crippen LogP contribution in [-0.4, -0.2) is 60.4 Å². The van der Waals surface area contributed by atoms with E-state index >= 15 is 0 Å². The minimum atomic E-state index is 0.0175. The van der Waals surface area contributed by atoms with Gasteiger partial charge < -0.3 is 15.2 Å². The molecule has 0 saturated carbocycles. The highest BCUT2D eigenvalue weighted by Gasteiger charge is 2.37. The molecule has 2 saturated heterocycles. The van der Waals surface area contributed by atoms with Crippen molar-refractivity contribution < 1.29 is 14.6 Å². The Morgan fingerprint density at radius 3 is 3.00 bits per heavy atom. The van der Waals surface area contributed by atoms with E-state index in [1.807, 2.05) is 32.0 Å². The van der Waals surface area contributed by atoms with E-state index in [4.69, 9.17) is 9.84 Å². The smallest absolute Gasteiger partial charge is 0.251 e. The number of amides is 1.